The third-order valence-corrected chi connectivity index (χ3v) is 6.07. The summed E-state index contributed by atoms with van der Waals surface area (Å²) in [7, 11) is -2.27. The molecule has 0 bridgehead atoms. The van der Waals surface area contributed by atoms with E-state index in [1.54, 1.807) is 6.92 Å². The Labute approximate surface area is 123 Å². The van der Waals surface area contributed by atoms with Crippen molar-refractivity contribution in [3.05, 3.63) is 17.0 Å². The summed E-state index contributed by atoms with van der Waals surface area (Å²) in [4.78, 5) is 13.7. The highest BCUT2D eigenvalue weighted by atomic mass is 32.2. The summed E-state index contributed by atoms with van der Waals surface area (Å²) in [6.07, 6.45) is 0.872. The molecule has 1 aliphatic rings. The predicted molar refractivity (Wildman–Crippen MR) is 75.8 cm³/mol. The third-order valence-electron chi connectivity index (χ3n) is 3.98. The van der Waals surface area contributed by atoms with Crippen LogP contribution in [0.15, 0.2) is 4.90 Å². The van der Waals surface area contributed by atoms with Crippen molar-refractivity contribution in [2.24, 2.45) is 5.92 Å². The summed E-state index contributed by atoms with van der Waals surface area (Å²) >= 11 is 0. The molecule has 0 spiro atoms. The van der Waals surface area contributed by atoms with Gasteiger partial charge in [-0.2, -0.15) is 0 Å². The first-order valence-corrected chi connectivity index (χ1v) is 8.15. The van der Waals surface area contributed by atoms with E-state index >= 15 is 0 Å². The minimum Gasteiger partial charge on any atom is -0.477 e. The molecule has 0 saturated heterocycles. The van der Waals surface area contributed by atoms with Gasteiger partial charge in [0.15, 0.2) is 0 Å². The molecule has 0 aliphatic heterocycles. The number of nitrogens with one attached hydrogen (secondary N) is 1. The normalized spacial score (nSPS) is 22.3. The van der Waals surface area contributed by atoms with Crippen LogP contribution in [0.25, 0.3) is 0 Å². The van der Waals surface area contributed by atoms with Gasteiger partial charge in [-0.25, -0.2) is 17.5 Å². The number of aromatic amines is 1. The Balaban J connectivity index is 2.29. The molecular weight excluding hydrogens is 296 g/mol. The van der Waals surface area contributed by atoms with Crippen LogP contribution in [0.5, 0.6) is 0 Å². The van der Waals surface area contributed by atoms with Crippen LogP contribution in [-0.2, 0) is 10.0 Å². The van der Waals surface area contributed by atoms with Crippen LogP contribution in [0.3, 0.4) is 0 Å². The van der Waals surface area contributed by atoms with Gasteiger partial charge in [0.05, 0.1) is 6.10 Å². The zero-order valence-electron chi connectivity index (χ0n) is 12.3. The second kappa shape index (κ2) is 5.43. The largest absolute Gasteiger partial charge is 0.477 e. The lowest BCUT2D eigenvalue weighted by Gasteiger charge is -2.34. The minimum absolute atomic E-state index is 0.0299. The van der Waals surface area contributed by atoms with Gasteiger partial charge in [-0.1, -0.05) is 0 Å². The standard InChI is InChI=1S/C13H20N2O5S/c1-7-11(13(17)18)14-8(2)12(7)21(19,20)15(3)6-9-4-10(16)5-9/h9-10,14,16H,4-6H2,1-3H3,(H,17,18). The molecule has 8 heteroatoms. The summed E-state index contributed by atoms with van der Waals surface area (Å²) in [6.45, 7) is 3.36. The lowest BCUT2D eigenvalue weighted by Crippen LogP contribution is -2.39. The molecule has 3 N–H and O–H groups in total. The summed E-state index contributed by atoms with van der Waals surface area (Å²) < 4.78 is 26.5. The Kier molecular flexibility index (Phi) is 4.14. The number of hydrogen-bond acceptors (Lipinski definition) is 4. The van der Waals surface area contributed by atoms with Gasteiger partial charge in [-0.3, -0.25) is 0 Å². The van der Waals surface area contributed by atoms with E-state index in [-0.39, 0.29) is 28.2 Å². The first-order chi connectivity index (χ1) is 9.64. The van der Waals surface area contributed by atoms with Gasteiger partial charge in [0, 0.05) is 24.8 Å². The number of carboxylic acids is 1. The number of sulfonamides is 1. The van der Waals surface area contributed by atoms with E-state index in [0.717, 1.165) is 0 Å². The van der Waals surface area contributed by atoms with Crippen LogP contribution in [0.1, 0.15) is 34.6 Å². The lowest BCUT2D eigenvalue weighted by molar-refractivity contribution is 0.0367. The summed E-state index contributed by atoms with van der Waals surface area (Å²) in [5.41, 5.74) is 0.449. The molecule has 0 radical (unpaired) electrons. The molecule has 2 rings (SSSR count). The average Bonchev–Trinajstić information content (AvgIpc) is 2.63. The van der Waals surface area contributed by atoms with E-state index in [0.29, 0.717) is 25.1 Å². The summed E-state index contributed by atoms with van der Waals surface area (Å²) in [6, 6.07) is 0. The maximum atomic E-state index is 12.6. The number of aryl methyl sites for hydroxylation is 1. The van der Waals surface area contributed by atoms with Gasteiger partial charge in [-0.15, -0.1) is 0 Å². The number of H-pyrrole nitrogens is 1. The Morgan fingerprint density at radius 2 is 1.95 bits per heavy atom. The van der Waals surface area contributed by atoms with Gasteiger partial charge < -0.3 is 15.2 Å². The zero-order valence-corrected chi connectivity index (χ0v) is 13.1. The molecular formula is C13H20N2O5S. The number of carbonyl (C=O) groups is 1. The molecule has 1 aromatic rings. The van der Waals surface area contributed by atoms with Crippen molar-refractivity contribution in [1.29, 1.82) is 0 Å². The van der Waals surface area contributed by atoms with Crippen molar-refractivity contribution in [1.82, 2.24) is 9.29 Å². The van der Waals surface area contributed by atoms with Crippen LogP contribution < -0.4 is 0 Å². The maximum Gasteiger partial charge on any atom is 0.352 e. The van der Waals surface area contributed by atoms with E-state index < -0.39 is 16.0 Å². The van der Waals surface area contributed by atoms with Gasteiger partial charge in [0.1, 0.15) is 10.6 Å². The highest BCUT2D eigenvalue weighted by Gasteiger charge is 2.34. The minimum atomic E-state index is -3.74. The number of nitrogens with zero attached hydrogens (tertiary/aromatic N) is 1. The van der Waals surface area contributed by atoms with Crippen molar-refractivity contribution in [3.8, 4) is 0 Å². The molecule has 1 saturated carbocycles. The number of aliphatic hydroxyl groups excluding tert-OH is 1. The fraction of sp³-hybridized carbons (Fsp3) is 0.615. The number of aliphatic hydroxyl groups is 1. The quantitative estimate of drug-likeness (QED) is 0.741. The van der Waals surface area contributed by atoms with E-state index in [4.69, 9.17) is 5.11 Å². The van der Waals surface area contributed by atoms with E-state index in [2.05, 4.69) is 4.98 Å². The Bertz CT molecular complexity index is 658. The fourth-order valence-electron chi connectivity index (χ4n) is 2.80. The lowest BCUT2D eigenvalue weighted by atomic mass is 9.82. The second-order valence-corrected chi connectivity index (χ2v) is 7.64. The highest BCUT2D eigenvalue weighted by molar-refractivity contribution is 7.89. The van der Waals surface area contributed by atoms with Crippen LogP contribution in [-0.4, -0.2) is 53.6 Å². The van der Waals surface area contributed by atoms with Crippen molar-refractivity contribution in [3.63, 3.8) is 0 Å². The molecule has 1 aromatic heterocycles. The van der Waals surface area contributed by atoms with Gasteiger partial charge in [0.25, 0.3) is 0 Å². The third kappa shape index (κ3) is 2.83. The highest BCUT2D eigenvalue weighted by Crippen LogP contribution is 2.31. The Hall–Kier alpha value is -1.38. The topological polar surface area (TPSA) is 111 Å². The fourth-order valence-corrected chi connectivity index (χ4v) is 4.45. The molecule has 1 heterocycles. The molecule has 1 aliphatic carbocycles. The Morgan fingerprint density at radius 1 is 1.38 bits per heavy atom. The van der Waals surface area contributed by atoms with Crippen molar-refractivity contribution in [2.45, 2.75) is 37.7 Å². The van der Waals surface area contributed by atoms with Crippen LogP contribution in [0.2, 0.25) is 0 Å². The number of aromatic carboxylic acids is 1. The molecule has 0 amide bonds. The number of carboxylic acid groups (broad SMARTS) is 1. The predicted octanol–water partition coefficient (Wildman–Crippen LogP) is 0.721. The molecule has 0 aromatic carbocycles. The Morgan fingerprint density at radius 3 is 2.38 bits per heavy atom. The number of rotatable bonds is 5. The molecule has 21 heavy (non-hydrogen) atoms. The van der Waals surface area contributed by atoms with Gasteiger partial charge in [-0.05, 0) is 32.6 Å². The molecule has 0 atom stereocenters. The average molecular weight is 316 g/mol. The van der Waals surface area contributed by atoms with Crippen molar-refractivity contribution < 1.29 is 23.4 Å². The molecule has 1 fully saturated rings. The van der Waals surface area contributed by atoms with Crippen molar-refractivity contribution >= 4 is 16.0 Å². The van der Waals surface area contributed by atoms with Crippen molar-refractivity contribution in [2.75, 3.05) is 13.6 Å². The molecule has 7 nitrogen and oxygen atoms in total. The van der Waals surface area contributed by atoms with Crippen LogP contribution in [0, 0.1) is 19.8 Å². The number of aromatic nitrogens is 1. The smallest absolute Gasteiger partial charge is 0.352 e. The van der Waals surface area contributed by atoms with E-state index in [1.807, 2.05) is 0 Å². The second-order valence-electron chi connectivity index (χ2n) is 5.66. The molecule has 118 valence electrons. The first-order valence-electron chi connectivity index (χ1n) is 6.71. The molecule has 0 unspecified atom stereocenters. The monoisotopic (exact) mass is 316 g/mol. The summed E-state index contributed by atoms with van der Waals surface area (Å²) in [5, 5.41) is 18.3. The van der Waals surface area contributed by atoms with Crippen LogP contribution >= 0.6 is 0 Å². The van der Waals surface area contributed by atoms with Gasteiger partial charge >= 0.3 is 5.97 Å². The van der Waals surface area contributed by atoms with Gasteiger partial charge in [0.2, 0.25) is 10.0 Å². The van der Waals surface area contributed by atoms with Crippen LogP contribution in [0.4, 0.5) is 0 Å². The SMILES string of the molecule is Cc1[nH]c(C(=O)O)c(C)c1S(=O)(=O)N(C)CC1CC(O)C1. The zero-order chi connectivity index (χ0) is 15.9. The first kappa shape index (κ1) is 16.0. The van der Waals surface area contributed by atoms with E-state index in [1.165, 1.54) is 18.3 Å². The van der Waals surface area contributed by atoms with E-state index in [9.17, 15) is 18.3 Å². The summed E-state index contributed by atoms with van der Waals surface area (Å²) in [5.74, 6) is -1.03. The maximum absolute atomic E-state index is 12.6. The number of hydrogen-bond donors (Lipinski definition) is 3.